The van der Waals surface area contributed by atoms with E-state index in [1.807, 2.05) is 13.0 Å². The maximum atomic E-state index is 11.7. The summed E-state index contributed by atoms with van der Waals surface area (Å²) in [5.41, 5.74) is 1.55. The molecule has 2 aromatic rings. The highest BCUT2D eigenvalue weighted by Gasteiger charge is 2.14. The van der Waals surface area contributed by atoms with Gasteiger partial charge in [0.15, 0.2) is 11.6 Å². The van der Waals surface area contributed by atoms with E-state index in [0.29, 0.717) is 22.3 Å². The van der Waals surface area contributed by atoms with E-state index >= 15 is 0 Å². The van der Waals surface area contributed by atoms with Crippen molar-refractivity contribution in [3.05, 3.63) is 34.9 Å². The van der Waals surface area contributed by atoms with E-state index in [0.717, 1.165) is 9.87 Å². The van der Waals surface area contributed by atoms with Crippen LogP contribution in [-0.4, -0.2) is 44.1 Å². The molecule has 0 aliphatic rings. The highest BCUT2D eigenvalue weighted by Crippen LogP contribution is 2.32. The van der Waals surface area contributed by atoms with Crippen LogP contribution in [0.15, 0.2) is 24.3 Å². The van der Waals surface area contributed by atoms with Gasteiger partial charge in [-0.15, -0.1) is 10.2 Å². The van der Waals surface area contributed by atoms with Crippen molar-refractivity contribution in [2.75, 3.05) is 31.2 Å². The largest absolute Gasteiger partial charge is 0.495 e. The van der Waals surface area contributed by atoms with Gasteiger partial charge in [-0.3, -0.25) is 4.72 Å². The lowest BCUT2D eigenvalue weighted by molar-refractivity contribution is 0.416. The number of anilines is 3. The van der Waals surface area contributed by atoms with E-state index in [-0.39, 0.29) is 5.82 Å². The summed E-state index contributed by atoms with van der Waals surface area (Å²) >= 11 is 6.07. The average Bonchev–Trinajstić information content (AvgIpc) is 2.52. The maximum absolute atomic E-state index is 11.7. The summed E-state index contributed by atoms with van der Waals surface area (Å²) in [6.45, 7) is 1.87. The number of aromatic nitrogens is 2. The molecule has 0 atom stereocenters. The van der Waals surface area contributed by atoms with Crippen LogP contribution in [0, 0.1) is 6.92 Å². The lowest BCUT2D eigenvalue weighted by Gasteiger charge is -2.14. The molecule has 0 aliphatic carbocycles. The number of methoxy groups -OCH3 is 1. The van der Waals surface area contributed by atoms with Gasteiger partial charge in [0.25, 0.3) is 0 Å². The van der Waals surface area contributed by atoms with Crippen LogP contribution < -0.4 is 14.8 Å². The fourth-order valence-corrected chi connectivity index (χ4v) is 2.45. The fourth-order valence-electron chi connectivity index (χ4n) is 1.74. The van der Waals surface area contributed by atoms with Crippen LogP contribution in [0.25, 0.3) is 0 Å². The normalized spacial score (nSPS) is 11.4. The number of benzene rings is 1. The average molecular weight is 372 g/mol. The topological polar surface area (TPSA) is 96.5 Å². The van der Waals surface area contributed by atoms with Crippen molar-refractivity contribution in [3.63, 3.8) is 0 Å². The highest BCUT2D eigenvalue weighted by atomic mass is 35.5. The molecule has 0 spiro atoms. The molecule has 130 valence electrons. The zero-order valence-corrected chi connectivity index (χ0v) is 15.2. The predicted octanol–water partition coefficient (Wildman–Crippen LogP) is 2.41. The van der Waals surface area contributed by atoms with E-state index in [4.69, 9.17) is 16.3 Å². The minimum absolute atomic E-state index is 0.119. The summed E-state index contributed by atoms with van der Waals surface area (Å²) in [4.78, 5) is 0. The Bertz CT molecular complexity index is 825. The first-order valence-electron chi connectivity index (χ1n) is 6.88. The summed E-state index contributed by atoms with van der Waals surface area (Å²) < 4.78 is 32.1. The van der Waals surface area contributed by atoms with Crippen molar-refractivity contribution in [1.29, 1.82) is 0 Å². The third kappa shape index (κ3) is 4.25. The smallest absolute Gasteiger partial charge is 0.302 e. The second-order valence-corrected chi connectivity index (χ2v) is 7.41. The summed E-state index contributed by atoms with van der Waals surface area (Å²) in [7, 11) is 0.755. The van der Waals surface area contributed by atoms with E-state index in [2.05, 4.69) is 20.2 Å². The summed E-state index contributed by atoms with van der Waals surface area (Å²) in [5, 5.41) is 11.4. The van der Waals surface area contributed by atoms with Gasteiger partial charge >= 0.3 is 10.2 Å². The van der Waals surface area contributed by atoms with E-state index in [1.165, 1.54) is 27.3 Å². The molecule has 2 rings (SSSR count). The summed E-state index contributed by atoms with van der Waals surface area (Å²) in [5.74, 6) is 1.11. The fraction of sp³-hybridized carbons (Fsp3) is 0.286. The SMILES string of the molecule is COc1cc(Cl)c(C)cc1Nc1ccc(NS(=O)(=O)N(C)C)nn1. The first-order chi connectivity index (χ1) is 11.2. The van der Waals surface area contributed by atoms with Gasteiger partial charge in [-0.2, -0.15) is 12.7 Å². The first-order valence-corrected chi connectivity index (χ1v) is 8.70. The standard InChI is InChI=1S/C14H18ClN5O3S/c1-9-7-11(12(23-4)8-10(9)15)16-13-5-6-14(18-17-13)19-24(21,22)20(2)3/h5-8H,1-4H3,(H,16,17)(H,18,19). The molecule has 1 heterocycles. The number of aryl methyl sites for hydroxylation is 1. The Morgan fingerprint density at radius 2 is 1.79 bits per heavy atom. The molecule has 8 nitrogen and oxygen atoms in total. The number of nitrogens with one attached hydrogen (secondary N) is 2. The van der Waals surface area contributed by atoms with Crippen molar-refractivity contribution in [2.45, 2.75) is 6.92 Å². The summed E-state index contributed by atoms with van der Waals surface area (Å²) in [6.07, 6.45) is 0. The molecule has 1 aromatic heterocycles. The monoisotopic (exact) mass is 371 g/mol. The van der Waals surface area contributed by atoms with Gasteiger partial charge in [-0.1, -0.05) is 11.6 Å². The van der Waals surface area contributed by atoms with Crippen LogP contribution in [-0.2, 0) is 10.2 Å². The summed E-state index contributed by atoms with van der Waals surface area (Å²) in [6, 6.07) is 6.63. The number of hydrogen-bond donors (Lipinski definition) is 2. The Labute approximate surface area is 146 Å². The number of halogens is 1. The minimum atomic E-state index is -3.62. The highest BCUT2D eigenvalue weighted by molar-refractivity contribution is 7.90. The molecule has 0 saturated heterocycles. The van der Waals surface area contributed by atoms with Crippen molar-refractivity contribution in [1.82, 2.24) is 14.5 Å². The third-order valence-corrected chi connectivity index (χ3v) is 4.96. The Kier molecular flexibility index (Phi) is 5.47. The molecule has 2 N–H and O–H groups in total. The third-order valence-electron chi connectivity index (χ3n) is 3.12. The number of ether oxygens (including phenoxy) is 1. The van der Waals surface area contributed by atoms with Crippen LogP contribution in [0.1, 0.15) is 5.56 Å². The second-order valence-electron chi connectivity index (χ2n) is 5.12. The molecule has 10 heteroatoms. The molecule has 0 bridgehead atoms. The molecule has 0 amide bonds. The molecular weight excluding hydrogens is 354 g/mol. The molecule has 24 heavy (non-hydrogen) atoms. The molecule has 0 unspecified atom stereocenters. The molecular formula is C14H18ClN5O3S. The zero-order chi connectivity index (χ0) is 17.9. The Morgan fingerprint density at radius 1 is 1.17 bits per heavy atom. The molecule has 0 radical (unpaired) electrons. The van der Waals surface area contributed by atoms with Crippen LogP contribution >= 0.6 is 11.6 Å². The van der Waals surface area contributed by atoms with Gasteiger partial charge in [0, 0.05) is 25.2 Å². The molecule has 0 aliphatic heterocycles. The van der Waals surface area contributed by atoms with E-state index in [1.54, 1.807) is 12.1 Å². The van der Waals surface area contributed by atoms with Gasteiger partial charge in [0.05, 0.1) is 12.8 Å². The van der Waals surface area contributed by atoms with Gasteiger partial charge in [0.2, 0.25) is 0 Å². The Balaban J connectivity index is 2.20. The van der Waals surface area contributed by atoms with Crippen LogP contribution in [0.4, 0.5) is 17.3 Å². The minimum Gasteiger partial charge on any atom is -0.495 e. The maximum Gasteiger partial charge on any atom is 0.302 e. The number of nitrogens with zero attached hydrogens (tertiary/aromatic N) is 3. The molecule has 0 fully saturated rings. The molecule has 1 aromatic carbocycles. The lowest BCUT2D eigenvalue weighted by atomic mass is 10.2. The van der Waals surface area contributed by atoms with Gasteiger partial charge in [0.1, 0.15) is 5.75 Å². The van der Waals surface area contributed by atoms with Crippen molar-refractivity contribution in [2.24, 2.45) is 0 Å². The van der Waals surface area contributed by atoms with Gasteiger partial charge < -0.3 is 10.1 Å². The van der Waals surface area contributed by atoms with Crippen molar-refractivity contribution in [3.8, 4) is 5.75 Å². The van der Waals surface area contributed by atoms with Gasteiger partial charge in [-0.05, 0) is 30.7 Å². The second kappa shape index (κ2) is 7.20. The van der Waals surface area contributed by atoms with Crippen LogP contribution in [0.3, 0.4) is 0 Å². The number of hydrogen-bond acceptors (Lipinski definition) is 6. The molecule has 0 saturated carbocycles. The van der Waals surface area contributed by atoms with E-state index < -0.39 is 10.2 Å². The van der Waals surface area contributed by atoms with Crippen molar-refractivity contribution >= 4 is 39.1 Å². The Hall–Kier alpha value is -2.10. The van der Waals surface area contributed by atoms with Gasteiger partial charge in [-0.25, -0.2) is 0 Å². The number of rotatable bonds is 6. The van der Waals surface area contributed by atoms with Crippen LogP contribution in [0.2, 0.25) is 5.02 Å². The van der Waals surface area contributed by atoms with Crippen LogP contribution in [0.5, 0.6) is 5.75 Å². The predicted molar refractivity (Wildman–Crippen MR) is 94.3 cm³/mol. The lowest BCUT2D eigenvalue weighted by Crippen LogP contribution is -2.29. The van der Waals surface area contributed by atoms with E-state index in [9.17, 15) is 8.42 Å². The van der Waals surface area contributed by atoms with Crippen molar-refractivity contribution < 1.29 is 13.2 Å². The quantitative estimate of drug-likeness (QED) is 0.809. The Morgan fingerprint density at radius 3 is 2.33 bits per heavy atom. The first kappa shape index (κ1) is 18.2. The zero-order valence-electron chi connectivity index (χ0n) is 13.7.